The van der Waals surface area contributed by atoms with E-state index in [1.54, 1.807) is 0 Å². The van der Waals surface area contributed by atoms with E-state index in [2.05, 4.69) is 11.8 Å². The van der Waals surface area contributed by atoms with E-state index in [4.69, 9.17) is 4.74 Å². The molecule has 2 fully saturated rings. The van der Waals surface area contributed by atoms with Crippen LogP contribution in [0.2, 0.25) is 0 Å². The standard InChI is InChI=1S/C11H21NO/c1-2-7-12-8-3-4-11(12)5-9-13-10-6-11/h2-10H2,1H3. The van der Waals surface area contributed by atoms with Crippen molar-refractivity contribution in [3.8, 4) is 0 Å². The van der Waals surface area contributed by atoms with Gasteiger partial charge in [-0.2, -0.15) is 0 Å². The van der Waals surface area contributed by atoms with Crippen molar-refractivity contribution in [2.75, 3.05) is 26.3 Å². The SMILES string of the molecule is CCCN1CCCC12CCOCC2. The molecule has 76 valence electrons. The van der Waals surface area contributed by atoms with Gasteiger partial charge in [0.25, 0.3) is 0 Å². The molecule has 0 bridgehead atoms. The van der Waals surface area contributed by atoms with Crippen LogP contribution in [0.1, 0.15) is 39.0 Å². The molecule has 0 aromatic heterocycles. The molecule has 1 spiro atoms. The molecule has 2 aliphatic rings. The van der Waals surface area contributed by atoms with Gasteiger partial charge in [0.05, 0.1) is 0 Å². The highest BCUT2D eigenvalue weighted by Gasteiger charge is 2.41. The normalized spacial score (nSPS) is 28.4. The maximum Gasteiger partial charge on any atom is 0.0483 e. The lowest BCUT2D eigenvalue weighted by Crippen LogP contribution is -2.48. The molecule has 0 aliphatic carbocycles. The van der Waals surface area contributed by atoms with Crippen molar-refractivity contribution < 1.29 is 4.74 Å². The molecule has 0 radical (unpaired) electrons. The Labute approximate surface area is 81.3 Å². The summed E-state index contributed by atoms with van der Waals surface area (Å²) in [5.41, 5.74) is 0.550. The van der Waals surface area contributed by atoms with E-state index >= 15 is 0 Å². The number of nitrogens with zero attached hydrogens (tertiary/aromatic N) is 1. The maximum absolute atomic E-state index is 5.46. The molecule has 0 atom stereocenters. The van der Waals surface area contributed by atoms with Gasteiger partial charge in [0.1, 0.15) is 0 Å². The summed E-state index contributed by atoms with van der Waals surface area (Å²) in [6.07, 6.45) is 6.65. The zero-order valence-electron chi connectivity index (χ0n) is 8.72. The Morgan fingerprint density at radius 2 is 2.00 bits per heavy atom. The molecule has 0 amide bonds. The molecular weight excluding hydrogens is 162 g/mol. The molecule has 2 nitrogen and oxygen atoms in total. The van der Waals surface area contributed by atoms with Crippen molar-refractivity contribution >= 4 is 0 Å². The van der Waals surface area contributed by atoms with Crippen LogP contribution in [0, 0.1) is 0 Å². The number of likely N-dealkylation sites (tertiary alicyclic amines) is 1. The van der Waals surface area contributed by atoms with E-state index in [1.165, 1.54) is 45.2 Å². The molecular formula is C11H21NO. The van der Waals surface area contributed by atoms with E-state index < -0.39 is 0 Å². The summed E-state index contributed by atoms with van der Waals surface area (Å²) in [5.74, 6) is 0. The summed E-state index contributed by atoms with van der Waals surface area (Å²) < 4.78 is 5.46. The Morgan fingerprint density at radius 1 is 1.23 bits per heavy atom. The van der Waals surface area contributed by atoms with Gasteiger partial charge in [0.15, 0.2) is 0 Å². The van der Waals surface area contributed by atoms with E-state index in [0.29, 0.717) is 5.54 Å². The minimum absolute atomic E-state index is 0.550. The zero-order chi connectivity index (χ0) is 9.15. The molecule has 0 aromatic rings. The number of ether oxygens (including phenoxy) is 1. The first kappa shape index (κ1) is 9.47. The first-order chi connectivity index (χ1) is 6.37. The third kappa shape index (κ3) is 1.75. The molecule has 2 aliphatic heterocycles. The Kier molecular flexibility index (Phi) is 2.89. The average Bonchev–Trinajstić information content (AvgIpc) is 2.52. The molecule has 2 saturated heterocycles. The summed E-state index contributed by atoms with van der Waals surface area (Å²) in [4.78, 5) is 2.72. The van der Waals surface area contributed by atoms with E-state index in [0.717, 1.165) is 13.2 Å². The summed E-state index contributed by atoms with van der Waals surface area (Å²) >= 11 is 0. The van der Waals surface area contributed by atoms with Crippen LogP contribution in [0.5, 0.6) is 0 Å². The van der Waals surface area contributed by atoms with Gasteiger partial charge in [-0.3, -0.25) is 4.90 Å². The lowest BCUT2D eigenvalue weighted by Gasteiger charge is -2.41. The van der Waals surface area contributed by atoms with Gasteiger partial charge in [0, 0.05) is 18.8 Å². The predicted octanol–water partition coefficient (Wildman–Crippen LogP) is 2.04. The van der Waals surface area contributed by atoms with E-state index in [1.807, 2.05) is 0 Å². The minimum atomic E-state index is 0.550. The molecule has 0 aromatic carbocycles. The van der Waals surface area contributed by atoms with Gasteiger partial charge >= 0.3 is 0 Å². The second-order valence-corrected chi connectivity index (χ2v) is 4.43. The Hall–Kier alpha value is -0.0800. The van der Waals surface area contributed by atoms with Gasteiger partial charge in [0.2, 0.25) is 0 Å². The topological polar surface area (TPSA) is 12.5 Å². The molecule has 13 heavy (non-hydrogen) atoms. The largest absolute Gasteiger partial charge is 0.381 e. The second-order valence-electron chi connectivity index (χ2n) is 4.43. The lowest BCUT2D eigenvalue weighted by molar-refractivity contribution is -0.00789. The Bertz CT molecular complexity index is 163. The highest BCUT2D eigenvalue weighted by molar-refractivity contribution is 4.96. The van der Waals surface area contributed by atoms with Crippen molar-refractivity contribution in [3.63, 3.8) is 0 Å². The van der Waals surface area contributed by atoms with Gasteiger partial charge in [-0.25, -0.2) is 0 Å². The van der Waals surface area contributed by atoms with Crippen LogP contribution in [0.25, 0.3) is 0 Å². The fourth-order valence-electron chi connectivity index (χ4n) is 2.93. The number of hydrogen-bond acceptors (Lipinski definition) is 2. The maximum atomic E-state index is 5.46. The summed E-state index contributed by atoms with van der Waals surface area (Å²) in [5, 5.41) is 0. The smallest absolute Gasteiger partial charge is 0.0483 e. The molecule has 2 rings (SSSR count). The van der Waals surface area contributed by atoms with Gasteiger partial charge in [-0.15, -0.1) is 0 Å². The quantitative estimate of drug-likeness (QED) is 0.649. The Morgan fingerprint density at radius 3 is 2.69 bits per heavy atom. The third-order valence-electron chi connectivity index (χ3n) is 3.66. The van der Waals surface area contributed by atoms with Crippen molar-refractivity contribution in [3.05, 3.63) is 0 Å². The molecule has 0 unspecified atom stereocenters. The predicted molar refractivity (Wildman–Crippen MR) is 53.9 cm³/mol. The highest BCUT2D eigenvalue weighted by atomic mass is 16.5. The molecule has 2 heteroatoms. The molecule has 2 heterocycles. The van der Waals surface area contributed by atoms with Crippen LogP contribution in [0.3, 0.4) is 0 Å². The minimum Gasteiger partial charge on any atom is -0.381 e. The summed E-state index contributed by atoms with van der Waals surface area (Å²) in [6.45, 7) is 6.87. The number of rotatable bonds is 2. The fraction of sp³-hybridized carbons (Fsp3) is 1.00. The van der Waals surface area contributed by atoms with Crippen molar-refractivity contribution in [2.45, 2.75) is 44.6 Å². The van der Waals surface area contributed by atoms with Gasteiger partial charge in [-0.1, -0.05) is 6.92 Å². The first-order valence-corrected chi connectivity index (χ1v) is 5.70. The zero-order valence-corrected chi connectivity index (χ0v) is 8.72. The van der Waals surface area contributed by atoms with Crippen LogP contribution in [0.15, 0.2) is 0 Å². The lowest BCUT2D eigenvalue weighted by atomic mass is 9.87. The van der Waals surface area contributed by atoms with Gasteiger partial charge < -0.3 is 4.74 Å². The molecule has 0 N–H and O–H groups in total. The summed E-state index contributed by atoms with van der Waals surface area (Å²) in [6, 6.07) is 0. The van der Waals surface area contributed by atoms with Crippen molar-refractivity contribution in [1.29, 1.82) is 0 Å². The van der Waals surface area contributed by atoms with Crippen molar-refractivity contribution in [1.82, 2.24) is 4.90 Å². The fourth-order valence-corrected chi connectivity index (χ4v) is 2.93. The van der Waals surface area contributed by atoms with E-state index in [9.17, 15) is 0 Å². The summed E-state index contributed by atoms with van der Waals surface area (Å²) in [7, 11) is 0. The monoisotopic (exact) mass is 183 g/mol. The van der Waals surface area contributed by atoms with E-state index in [-0.39, 0.29) is 0 Å². The highest BCUT2D eigenvalue weighted by Crippen LogP contribution is 2.37. The third-order valence-corrected chi connectivity index (χ3v) is 3.66. The average molecular weight is 183 g/mol. The Balaban J connectivity index is 2.00. The van der Waals surface area contributed by atoms with Crippen LogP contribution in [-0.4, -0.2) is 36.7 Å². The van der Waals surface area contributed by atoms with Crippen LogP contribution >= 0.6 is 0 Å². The first-order valence-electron chi connectivity index (χ1n) is 5.70. The van der Waals surface area contributed by atoms with Crippen LogP contribution < -0.4 is 0 Å². The number of hydrogen-bond donors (Lipinski definition) is 0. The van der Waals surface area contributed by atoms with Crippen LogP contribution in [-0.2, 0) is 4.74 Å². The van der Waals surface area contributed by atoms with Crippen molar-refractivity contribution in [2.24, 2.45) is 0 Å². The molecule has 0 saturated carbocycles. The second kappa shape index (κ2) is 3.97. The van der Waals surface area contributed by atoms with Crippen LogP contribution in [0.4, 0.5) is 0 Å². The van der Waals surface area contributed by atoms with Gasteiger partial charge in [-0.05, 0) is 45.2 Å².